The van der Waals surface area contributed by atoms with Crippen LogP contribution in [0.15, 0.2) is 11.7 Å². The number of hydrogen-bond donors (Lipinski definition) is 3. The molecule has 30 heavy (non-hydrogen) atoms. The van der Waals surface area contributed by atoms with E-state index < -0.39 is 35.4 Å². The van der Waals surface area contributed by atoms with E-state index in [1.807, 2.05) is 13.8 Å². The largest absolute Gasteiger partial charge is 0.382 e. The van der Waals surface area contributed by atoms with Gasteiger partial charge in [-0.25, -0.2) is 0 Å². The van der Waals surface area contributed by atoms with Gasteiger partial charge in [-0.2, -0.15) is 0 Å². The zero-order chi connectivity index (χ0) is 22.3. The molecule has 2 rings (SSSR count). The molecular weight excluding hydrogens is 412 g/mol. The number of ketones is 1. The molecule has 1 aliphatic heterocycles. The lowest BCUT2D eigenvalue weighted by atomic mass is 9.93. The Balaban J connectivity index is 1.89. The predicted octanol–water partition coefficient (Wildman–Crippen LogP) is -0.107. The Morgan fingerprint density at radius 3 is 2.50 bits per heavy atom. The number of thiazole rings is 1. The van der Waals surface area contributed by atoms with Crippen LogP contribution >= 0.6 is 11.3 Å². The molecule has 0 unspecified atom stereocenters. The second kappa shape index (κ2) is 10.6. The lowest BCUT2D eigenvalue weighted by molar-refractivity contribution is -0.131. The SMILES string of the molecule is COC[C@H](NC(=O)c1cncs1)C(=O)NCC(=O)N[C@@H](CC(C)C)C(=O)[C@@]1(C)CO1. The summed E-state index contributed by atoms with van der Waals surface area (Å²) in [6.45, 7) is 5.52. The van der Waals surface area contributed by atoms with Gasteiger partial charge in [0.1, 0.15) is 16.5 Å². The van der Waals surface area contributed by atoms with Gasteiger partial charge >= 0.3 is 0 Å². The van der Waals surface area contributed by atoms with E-state index in [1.165, 1.54) is 18.8 Å². The lowest BCUT2D eigenvalue weighted by Crippen LogP contribution is -2.53. The average Bonchev–Trinajstić information content (AvgIpc) is 3.20. The van der Waals surface area contributed by atoms with Crippen LogP contribution in [0, 0.1) is 5.92 Å². The van der Waals surface area contributed by atoms with Gasteiger partial charge < -0.3 is 25.4 Å². The van der Waals surface area contributed by atoms with E-state index in [-0.39, 0.29) is 24.9 Å². The molecule has 1 aromatic heterocycles. The maximum absolute atomic E-state index is 12.6. The normalized spacial score (nSPS) is 19.6. The summed E-state index contributed by atoms with van der Waals surface area (Å²) in [7, 11) is 1.40. The van der Waals surface area contributed by atoms with Crippen molar-refractivity contribution in [3.63, 3.8) is 0 Å². The van der Waals surface area contributed by atoms with Gasteiger partial charge in [0, 0.05) is 7.11 Å². The van der Waals surface area contributed by atoms with E-state index in [2.05, 4.69) is 20.9 Å². The number of ether oxygens (including phenoxy) is 2. The first-order valence-corrected chi connectivity index (χ1v) is 10.5. The van der Waals surface area contributed by atoms with Crippen LogP contribution in [-0.2, 0) is 23.9 Å². The highest BCUT2D eigenvalue weighted by Crippen LogP contribution is 2.29. The molecule has 0 saturated carbocycles. The summed E-state index contributed by atoms with van der Waals surface area (Å²) in [5, 5.41) is 7.69. The molecule has 3 amide bonds. The molecule has 0 radical (unpaired) electrons. The molecule has 10 nitrogen and oxygen atoms in total. The van der Waals surface area contributed by atoms with E-state index in [4.69, 9.17) is 9.47 Å². The summed E-state index contributed by atoms with van der Waals surface area (Å²) < 4.78 is 10.2. The topological polar surface area (TPSA) is 139 Å². The van der Waals surface area contributed by atoms with Crippen LogP contribution in [-0.4, -0.2) is 73.0 Å². The number of rotatable bonds is 12. The minimum atomic E-state index is -0.982. The summed E-state index contributed by atoms with van der Waals surface area (Å²) in [6, 6.07) is -1.67. The number of methoxy groups -OCH3 is 1. The van der Waals surface area contributed by atoms with Crippen LogP contribution in [0.1, 0.15) is 36.9 Å². The fourth-order valence-electron chi connectivity index (χ4n) is 2.76. The Morgan fingerprint density at radius 2 is 1.97 bits per heavy atom. The molecule has 0 aromatic carbocycles. The highest BCUT2D eigenvalue weighted by molar-refractivity contribution is 7.11. The summed E-state index contributed by atoms with van der Waals surface area (Å²) in [6.07, 6.45) is 1.86. The Kier molecular flexibility index (Phi) is 8.44. The van der Waals surface area contributed by atoms with Crippen molar-refractivity contribution < 1.29 is 28.7 Å². The fourth-order valence-corrected chi connectivity index (χ4v) is 3.29. The zero-order valence-electron chi connectivity index (χ0n) is 17.5. The second-order valence-corrected chi connectivity index (χ2v) is 8.58. The van der Waals surface area contributed by atoms with Crippen molar-refractivity contribution in [2.75, 3.05) is 26.9 Å². The van der Waals surface area contributed by atoms with Crippen molar-refractivity contribution >= 4 is 34.8 Å². The van der Waals surface area contributed by atoms with Crippen molar-refractivity contribution in [2.45, 2.75) is 44.9 Å². The third-order valence-corrected chi connectivity index (χ3v) is 5.26. The number of nitrogens with one attached hydrogen (secondary N) is 3. The highest BCUT2D eigenvalue weighted by Gasteiger charge is 2.50. The third kappa shape index (κ3) is 6.85. The highest BCUT2D eigenvalue weighted by atomic mass is 32.1. The minimum absolute atomic E-state index is 0.0673. The minimum Gasteiger partial charge on any atom is -0.382 e. The van der Waals surface area contributed by atoms with Crippen LogP contribution in [0.4, 0.5) is 0 Å². The first kappa shape index (κ1) is 23.9. The molecule has 0 bridgehead atoms. The first-order valence-electron chi connectivity index (χ1n) is 9.60. The maximum atomic E-state index is 12.6. The Labute approximate surface area is 179 Å². The molecule has 0 spiro atoms. The average molecular weight is 441 g/mol. The summed E-state index contributed by atoms with van der Waals surface area (Å²) >= 11 is 1.14. The van der Waals surface area contributed by atoms with Gasteiger partial charge in [0.15, 0.2) is 5.78 Å². The first-order chi connectivity index (χ1) is 14.2. The standard InChI is InChI=1S/C19H28N4O6S/c1-11(2)5-12(16(25)19(3)9-29-19)22-15(24)7-21-17(26)13(8-28-4)23-18(27)14-6-20-10-30-14/h6,10-13H,5,7-9H2,1-4H3,(H,21,26)(H,22,24)(H,23,27)/t12-,13-,19+/m0/s1. The van der Waals surface area contributed by atoms with Gasteiger partial charge in [-0.1, -0.05) is 13.8 Å². The van der Waals surface area contributed by atoms with E-state index in [9.17, 15) is 19.2 Å². The summed E-state index contributed by atoms with van der Waals surface area (Å²) in [5.41, 5.74) is 0.660. The van der Waals surface area contributed by atoms with E-state index in [0.717, 1.165) is 11.3 Å². The van der Waals surface area contributed by atoms with Crippen LogP contribution in [0.3, 0.4) is 0 Å². The van der Waals surface area contributed by atoms with Gasteiger partial charge in [0.25, 0.3) is 5.91 Å². The van der Waals surface area contributed by atoms with E-state index >= 15 is 0 Å². The fraction of sp³-hybridized carbons (Fsp3) is 0.632. The lowest BCUT2D eigenvalue weighted by Gasteiger charge is -2.22. The number of nitrogens with zero attached hydrogens (tertiary/aromatic N) is 1. The summed E-state index contributed by atoms with van der Waals surface area (Å²) in [5.74, 6) is -1.53. The molecule has 2 heterocycles. The Morgan fingerprint density at radius 1 is 1.27 bits per heavy atom. The van der Waals surface area contributed by atoms with Crippen molar-refractivity contribution in [3.05, 3.63) is 16.6 Å². The molecule has 11 heteroatoms. The number of Topliss-reactive ketones (excluding diaryl/α,β-unsaturated/α-hetero) is 1. The monoisotopic (exact) mass is 440 g/mol. The van der Waals surface area contributed by atoms with Gasteiger partial charge in [-0.05, 0) is 19.3 Å². The number of hydrogen-bond acceptors (Lipinski definition) is 8. The van der Waals surface area contributed by atoms with Gasteiger partial charge in [0.05, 0.1) is 37.5 Å². The molecule has 166 valence electrons. The van der Waals surface area contributed by atoms with Crippen molar-refractivity contribution in [3.8, 4) is 0 Å². The molecule has 1 aliphatic rings. The van der Waals surface area contributed by atoms with Crippen LogP contribution in [0.2, 0.25) is 0 Å². The predicted molar refractivity (Wildman–Crippen MR) is 109 cm³/mol. The molecule has 3 atom stereocenters. The second-order valence-electron chi connectivity index (χ2n) is 7.70. The Bertz CT molecular complexity index is 763. The van der Waals surface area contributed by atoms with Crippen molar-refractivity contribution in [2.24, 2.45) is 5.92 Å². The number of amides is 3. The summed E-state index contributed by atoms with van der Waals surface area (Å²) in [4.78, 5) is 53.7. The van der Waals surface area contributed by atoms with Gasteiger partial charge in [-0.3, -0.25) is 24.2 Å². The number of epoxide rings is 1. The molecule has 1 fully saturated rings. The van der Waals surface area contributed by atoms with Gasteiger partial charge in [-0.15, -0.1) is 11.3 Å². The third-order valence-electron chi connectivity index (χ3n) is 4.49. The molecular formula is C19H28N4O6S. The molecule has 1 saturated heterocycles. The quantitative estimate of drug-likeness (QED) is 0.386. The smallest absolute Gasteiger partial charge is 0.263 e. The number of carbonyl (C=O) groups excluding carboxylic acids is 4. The Hall–Kier alpha value is -2.37. The van der Waals surface area contributed by atoms with Crippen molar-refractivity contribution in [1.29, 1.82) is 0 Å². The van der Waals surface area contributed by atoms with Crippen molar-refractivity contribution in [1.82, 2.24) is 20.9 Å². The molecule has 3 N–H and O–H groups in total. The van der Waals surface area contributed by atoms with E-state index in [0.29, 0.717) is 17.9 Å². The molecule has 0 aliphatic carbocycles. The van der Waals surface area contributed by atoms with Gasteiger partial charge in [0.2, 0.25) is 11.8 Å². The molecule has 1 aromatic rings. The van der Waals surface area contributed by atoms with Crippen LogP contribution < -0.4 is 16.0 Å². The zero-order valence-corrected chi connectivity index (χ0v) is 18.3. The number of carbonyl (C=O) groups is 4. The number of aromatic nitrogens is 1. The van der Waals surface area contributed by atoms with Crippen LogP contribution in [0.25, 0.3) is 0 Å². The maximum Gasteiger partial charge on any atom is 0.263 e. The van der Waals surface area contributed by atoms with E-state index in [1.54, 1.807) is 6.92 Å². The van der Waals surface area contributed by atoms with Crippen LogP contribution in [0.5, 0.6) is 0 Å².